The van der Waals surface area contributed by atoms with E-state index in [1.54, 1.807) is 30.0 Å². The van der Waals surface area contributed by atoms with Crippen LogP contribution < -0.4 is 4.74 Å². The van der Waals surface area contributed by atoms with Gasteiger partial charge in [0, 0.05) is 16.7 Å². The van der Waals surface area contributed by atoms with Gasteiger partial charge in [-0.3, -0.25) is 4.79 Å². The Morgan fingerprint density at radius 2 is 2.00 bits per heavy atom. The predicted molar refractivity (Wildman–Crippen MR) is 91.7 cm³/mol. The number of carbonyl (C=O) groups is 1. The van der Waals surface area contributed by atoms with Gasteiger partial charge < -0.3 is 4.74 Å². The van der Waals surface area contributed by atoms with Gasteiger partial charge in [-0.15, -0.1) is 11.5 Å². The molecule has 24 heavy (non-hydrogen) atoms. The van der Waals surface area contributed by atoms with Crippen molar-refractivity contribution in [1.82, 2.24) is 14.8 Å². The van der Waals surface area contributed by atoms with Crippen molar-refractivity contribution in [3.8, 4) is 40.9 Å². The summed E-state index contributed by atoms with van der Waals surface area (Å²) < 4.78 is 6.85. The van der Waals surface area contributed by atoms with Gasteiger partial charge in [-0.2, -0.15) is 0 Å². The second-order valence-corrected chi connectivity index (χ2v) is 5.09. The lowest BCUT2D eigenvalue weighted by atomic mass is 10.1. The lowest BCUT2D eigenvalue weighted by molar-refractivity contribution is 0.112. The van der Waals surface area contributed by atoms with E-state index in [1.165, 1.54) is 0 Å². The van der Waals surface area contributed by atoms with Gasteiger partial charge in [0.15, 0.2) is 11.6 Å². The van der Waals surface area contributed by atoms with Gasteiger partial charge >= 0.3 is 0 Å². The van der Waals surface area contributed by atoms with Crippen molar-refractivity contribution in [2.45, 2.75) is 6.54 Å². The van der Waals surface area contributed by atoms with Crippen LogP contribution in [0.3, 0.4) is 0 Å². The average Bonchev–Trinajstić information content (AvgIpc) is 3.06. The van der Waals surface area contributed by atoms with Gasteiger partial charge in [-0.1, -0.05) is 24.1 Å². The molecule has 0 unspecified atom stereocenters. The molecule has 1 aromatic heterocycles. The largest absolute Gasteiger partial charge is 0.497 e. The summed E-state index contributed by atoms with van der Waals surface area (Å²) in [6.07, 6.45) is 6.24. The molecule has 0 fully saturated rings. The number of terminal acetylenes is 1. The van der Waals surface area contributed by atoms with E-state index in [0.717, 1.165) is 23.2 Å². The number of hydrogen-bond acceptors (Lipinski definition) is 4. The molecule has 0 aliphatic heterocycles. The molecule has 0 bridgehead atoms. The van der Waals surface area contributed by atoms with Crippen molar-refractivity contribution >= 4 is 6.29 Å². The van der Waals surface area contributed by atoms with E-state index < -0.39 is 0 Å². The van der Waals surface area contributed by atoms with Crippen molar-refractivity contribution in [2.24, 2.45) is 0 Å². The third kappa shape index (κ3) is 3.03. The summed E-state index contributed by atoms with van der Waals surface area (Å²) in [7, 11) is 1.62. The van der Waals surface area contributed by atoms with Gasteiger partial charge in [0.25, 0.3) is 0 Å². The summed E-state index contributed by atoms with van der Waals surface area (Å²) in [5.74, 6) is 4.54. The van der Waals surface area contributed by atoms with Crippen LogP contribution in [0.5, 0.6) is 5.75 Å². The van der Waals surface area contributed by atoms with Crippen LogP contribution in [0.1, 0.15) is 10.4 Å². The molecule has 5 nitrogen and oxygen atoms in total. The smallest absolute Gasteiger partial charge is 0.181 e. The Morgan fingerprint density at radius 1 is 1.21 bits per heavy atom. The molecular formula is C19H15N3O2. The first-order valence-corrected chi connectivity index (χ1v) is 7.33. The summed E-state index contributed by atoms with van der Waals surface area (Å²) in [6.45, 7) is 0.307. The molecule has 3 rings (SSSR count). The highest BCUT2D eigenvalue weighted by atomic mass is 16.5. The zero-order chi connectivity index (χ0) is 16.9. The second kappa shape index (κ2) is 6.80. The van der Waals surface area contributed by atoms with Crippen LogP contribution in [0.25, 0.3) is 22.8 Å². The molecule has 0 amide bonds. The third-order valence-corrected chi connectivity index (χ3v) is 3.54. The number of methoxy groups -OCH3 is 1. The van der Waals surface area contributed by atoms with Gasteiger partial charge in [0.05, 0.1) is 7.11 Å². The normalized spacial score (nSPS) is 10.2. The number of benzene rings is 2. The summed E-state index contributed by atoms with van der Waals surface area (Å²) >= 11 is 0. The molecule has 5 heteroatoms. The van der Waals surface area contributed by atoms with E-state index >= 15 is 0 Å². The van der Waals surface area contributed by atoms with E-state index in [0.29, 0.717) is 23.8 Å². The quantitative estimate of drug-likeness (QED) is 0.536. The molecule has 0 aliphatic carbocycles. The third-order valence-electron chi connectivity index (χ3n) is 3.54. The van der Waals surface area contributed by atoms with Crippen LogP contribution in [-0.2, 0) is 6.54 Å². The first-order valence-electron chi connectivity index (χ1n) is 7.33. The average molecular weight is 317 g/mol. The Kier molecular flexibility index (Phi) is 4.39. The highest BCUT2D eigenvalue weighted by Gasteiger charge is 2.13. The zero-order valence-corrected chi connectivity index (χ0v) is 13.1. The molecule has 0 aliphatic rings. The minimum Gasteiger partial charge on any atom is -0.497 e. The maximum absolute atomic E-state index is 11.0. The van der Waals surface area contributed by atoms with Gasteiger partial charge in [-0.05, 0) is 30.3 Å². The Hall–Kier alpha value is -3.39. The Bertz CT molecular complexity index is 905. The molecule has 0 atom stereocenters. The van der Waals surface area contributed by atoms with Crippen LogP contribution in [0, 0.1) is 12.3 Å². The Morgan fingerprint density at radius 3 is 2.67 bits per heavy atom. The fourth-order valence-electron chi connectivity index (χ4n) is 2.37. The SMILES string of the molecule is C#CCn1nc(-c2cccc(C=O)c2)nc1-c1ccc(OC)cc1. The van der Waals surface area contributed by atoms with E-state index in [2.05, 4.69) is 16.0 Å². The minimum atomic E-state index is 0.307. The minimum absolute atomic E-state index is 0.307. The van der Waals surface area contributed by atoms with E-state index in [-0.39, 0.29) is 0 Å². The molecule has 0 spiro atoms. The molecule has 2 aromatic carbocycles. The van der Waals surface area contributed by atoms with Crippen LogP contribution in [-0.4, -0.2) is 28.2 Å². The number of aromatic nitrogens is 3. The fourth-order valence-corrected chi connectivity index (χ4v) is 2.37. The van der Waals surface area contributed by atoms with E-state index in [1.807, 2.05) is 30.3 Å². The maximum atomic E-state index is 11.0. The molecular weight excluding hydrogens is 302 g/mol. The van der Waals surface area contributed by atoms with Crippen LogP contribution in [0.4, 0.5) is 0 Å². The first-order chi connectivity index (χ1) is 11.7. The topological polar surface area (TPSA) is 57.0 Å². The molecule has 1 heterocycles. The number of rotatable bonds is 5. The number of carbonyl (C=O) groups excluding carboxylic acids is 1. The van der Waals surface area contributed by atoms with Gasteiger partial charge in [0.1, 0.15) is 18.6 Å². The Labute approximate surface area is 139 Å². The van der Waals surface area contributed by atoms with E-state index in [9.17, 15) is 4.79 Å². The number of hydrogen-bond donors (Lipinski definition) is 0. The van der Waals surface area contributed by atoms with Crippen LogP contribution in [0.2, 0.25) is 0 Å². The number of nitrogens with zero attached hydrogens (tertiary/aromatic N) is 3. The summed E-state index contributed by atoms with van der Waals surface area (Å²) in [6, 6.07) is 14.7. The van der Waals surface area contributed by atoms with Crippen molar-refractivity contribution in [2.75, 3.05) is 7.11 Å². The van der Waals surface area contributed by atoms with Crippen LogP contribution >= 0.6 is 0 Å². The lowest BCUT2D eigenvalue weighted by Gasteiger charge is -2.03. The maximum Gasteiger partial charge on any atom is 0.181 e. The number of aldehydes is 1. The standard InChI is InChI=1S/C19H15N3O2/c1-3-11-22-19(15-7-9-17(24-2)10-8-15)20-18(21-22)16-6-4-5-14(12-16)13-23/h1,4-10,12-13H,11H2,2H3. The first kappa shape index (κ1) is 15.5. The molecule has 118 valence electrons. The second-order valence-electron chi connectivity index (χ2n) is 5.09. The highest BCUT2D eigenvalue weighted by molar-refractivity contribution is 5.77. The summed E-state index contributed by atoms with van der Waals surface area (Å²) in [5, 5.41) is 4.48. The zero-order valence-electron chi connectivity index (χ0n) is 13.1. The van der Waals surface area contributed by atoms with E-state index in [4.69, 9.17) is 11.2 Å². The van der Waals surface area contributed by atoms with Crippen LogP contribution in [0.15, 0.2) is 48.5 Å². The molecule has 0 N–H and O–H groups in total. The number of ether oxygens (including phenoxy) is 1. The monoisotopic (exact) mass is 317 g/mol. The van der Waals surface area contributed by atoms with Crippen molar-refractivity contribution in [3.63, 3.8) is 0 Å². The van der Waals surface area contributed by atoms with Gasteiger partial charge in [-0.25, -0.2) is 9.67 Å². The molecule has 3 aromatic rings. The Balaban J connectivity index is 2.07. The summed E-state index contributed by atoms with van der Waals surface area (Å²) in [5.41, 5.74) is 2.23. The van der Waals surface area contributed by atoms with Crippen molar-refractivity contribution in [1.29, 1.82) is 0 Å². The van der Waals surface area contributed by atoms with Crippen molar-refractivity contribution in [3.05, 3.63) is 54.1 Å². The lowest BCUT2D eigenvalue weighted by Crippen LogP contribution is -2.01. The molecule has 0 radical (unpaired) electrons. The molecule has 0 saturated heterocycles. The summed E-state index contributed by atoms with van der Waals surface area (Å²) in [4.78, 5) is 15.6. The molecule has 0 saturated carbocycles. The van der Waals surface area contributed by atoms with Gasteiger partial charge in [0.2, 0.25) is 0 Å². The fraction of sp³-hybridized carbons (Fsp3) is 0.105. The van der Waals surface area contributed by atoms with Crippen molar-refractivity contribution < 1.29 is 9.53 Å². The highest BCUT2D eigenvalue weighted by Crippen LogP contribution is 2.24. The predicted octanol–water partition coefficient (Wildman–Crippen LogP) is 3.07.